The van der Waals surface area contributed by atoms with Crippen LogP contribution in [0.4, 0.5) is 0 Å². The van der Waals surface area contributed by atoms with Crippen LogP contribution >= 0.6 is 0 Å². The first kappa shape index (κ1) is 18.0. The molecule has 0 aliphatic heterocycles. The number of carbonyl (C=O) groups is 1. The van der Waals surface area contributed by atoms with E-state index < -0.39 is 5.60 Å². The van der Waals surface area contributed by atoms with E-state index in [-0.39, 0.29) is 18.4 Å². The molecule has 2 aromatic rings. The minimum absolute atomic E-state index is 0.0208. The Balaban J connectivity index is 2.14. The van der Waals surface area contributed by atoms with E-state index in [2.05, 4.69) is 0 Å². The van der Waals surface area contributed by atoms with E-state index in [4.69, 9.17) is 4.74 Å². The summed E-state index contributed by atoms with van der Waals surface area (Å²) in [6.45, 7) is 3.62. The lowest BCUT2D eigenvalue weighted by Crippen LogP contribution is -2.35. The highest BCUT2D eigenvalue weighted by Gasteiger charge is 2.30. The third-order valence-corrected chi connectivity index (χ3v) is 4.45. The van der Waals surface area contributed by atoms with Crippen LogP contribution in [0.15, 0.2) is 54.6 Å². The molecule has 128 valence electrons. The molecule has 2 rings (SSSR count). The number of carbonyl (C=O) groups excluding carboxylic acids is 1. The molecule has 0 unspecified atom stereocenters. The number of hydrogen-bond acceptors (Lipinski definition) is 3. The number of para-hydroxylation sites is 1. The van der Waals surface area contributed by atoms with Crippen LogP contribution in [0.3, 0.4) is 0 Å². The van der Waals surface area contributed by atoms with Crippen LogP contribution in [0.25, 0.3) is 0 Å². The van der Waals surface area contributed by atoms with Gasteiger partial charge in [-0.25, -0.2) is 0 Å². The Morgan fingerprint density at radius 1 is 1.17 bits per heavy atom. The van der Waals surface area contributed by atoms with Gasteiger partial charge in [-0.15, -0.1) is 0 Å². The van der Waals surface area contributed by atoms with Crippen molar-refractivity contribution >= 4 is 5.91 Å². The van der Waals surface area contributed by atoms with Crippen molar-refractivity contribution < 1.29 is 14.6 Å². The van der Waals surface area contributed by atoms with Crippen molar-refractivity contribution in [3.63, 3.8) is 0 Å². The van der Waals surface area contributed by atoms with Gasteiger partial charge in [-0.1, -0.05) is 48.5 Å². The van der Waals surface area contributed by atoms with Gasteiger partial charge in [0.1, 0.15) is 5.75 Å². The number of amides is 1. The summed E-state index contributed by atoms with van der Waals surface area (Å²) in [6, 6.07) is 16.8. The van der Waals surface area contributed by atoms with E-state index in [1.165, 1.54) is 0 Å². The average molecular weight is 327 g/mol. The van der Waals surface area contributed by atoms with Gasteiger partial charge < -0.3 is 14.7 Å². The maximum Gasteiger partial charge on any atom is 0.226 e. The topological polar surface area (TPSA) is 49.8 Å². The zero-order chi connectivity index (χ0) is 17.7. The van der Waals surface area contributed by atoms with Gasteiger partial charge in [-0.05, 0) is 25.5 Å². The van der Waals surface area contributed by atoms with Gasteiger partial charge in [-0.2, -0.15) is 0 Å². The van der Waals surface area contributed by atoms with Gasteiger partial charge in [0.25, 0.3) is 0 Å². The molecule has 1 N–H and O–H groups in total. The Labute approximate surface area is 143 Å². The molecule has 24 heavy (non-hydrogen) atoms. The van der Waals surface area contributed by atoms with Crippen LogP contribution in [-0.2, 0) is 10.4 Å². The summed E-state index contributed by atoms with van der Waals surface area (Å²) in [5, 5.41) is 10.7. The predicted octanol–water partition coefficient (Wildman–Crippen LogP) is 3.51. The van der Waals surface area contributed by atoms with E-state index in [1.54, 1.807) is 26.0 Å². The molecule has 0 saturated carbocycles. The van der Waals surface area contributed by atoms with Crippen LogP contribution in [0.1, 0.15) is 37.4 Å². The summed E-state index contributed by atoms with van der Waals surface area (Å²) < 4.78 is 5.38. The minimum atomic E-state index is -1.20. The average Bonchev–Trinajstić information content (AvgIpc) is 2.60. The summed E-state index contributed by atoms with van der Waals surface area (Å²) in [5.41, 5.74) is 0.472. The van der Waals surface area contributed by atoms with Gasteiger partial charge in [0.15, 0.2) is 0 Å². The second-order valence-corrected chi connectivity index (χ2v) is 6.24. The molecule has 0 aliphatic carbocycles. The fraction of sp³-hybridized carbons (Fsp3) is 0.350. The van der Waals surface area contributed by atoms with Crippen molar-refractivity contribution in [2.75, 3.05) is 14.2 Å². The van der Waals surface area contributed by atoms with Crippen LogP contribution < -0.4 is 4.74 Å². The zero-order valence-electron chi connectivity index (χ0n) is 14.7. The Kier molecular flexibility index (Phi) is 5.62. The number of aliphatic hydroxyl groups is 1. The van der Waals surface area contributed by atoms with Gasteiger partial charge in [-0.3, -0.25) is 4.79 Å². The molecule has 0 fully saturated rings. The summed E-state index contributed by atoms with van der Waals surface area (Å²) in [4.78, 5) is 14.3. The highest BCUT2D eigenvalue weighted by atomic mass is 16.5. The van der Waals surface area contributed by atoms with Crippen molar-refractivity contribution in [3.05, 3.63) is 65.7 Å². The zero-order valence-corrected chi connectivity index (χ0v) is 14.7. The molecular weight excluding hydrogens is 302 g/mol. The largest absolute Gasteiger partial charge is 0.496 e. The van der Waals surface area contributed by atoms with Crippen molar-refractivity contribution in [2.24, 2.45) is 0 Å². The van der Waals surface area contributed by atoms with Crippen LogP contribution in [0.5, 0.6) is 5.75 Å². The molecule has 0 saturated heterocycles. The first-order chi connectivity index (χ1) is 11.4. The van der Waals surface area contributed by atoms with Crippen molar-refractivity contribution in [3.8, 4) is 5.75 Å². The summed E-state index contributed by atoms with van der Waals surface area (Å²) in [7, 11) is 3.37. The van der Waals surface area contributed by atoms with Crippen molar-refractivity contribution in [1.29, 1.82) is 0 Å². The minimum Gasteiger partial charge on any atom is -0.496 e. The molecular formula is C20H25NO3. The maximum atomic E-state index is 12.7. The third kappa shape index (κ3) is 3.95. The number of hydrogen-bond donors (Lipinski definition) is 1. The van der Waals surface area contributed by atoms with Crippen molar-refractivity contribution in [1.82, 2.24) is 4.90 Å². The molecule has 0 bridgehead atoms. The third-order valence-electron chi connectivity index (χ3n) is 4.45. The van der Waals surface area contributed by atoms with Crippen LogP contribution in [-0.4, -0.2) is 30.1 Å². The normalized spacial score (nSPS) is 14.5. The molecule has 2 atom stereocenters. The lowest BCUT2D eigenvalue weighted by molar-refractivity contribution is -0.136. The van der Waals surface area contributed by atoms with Gasteiger partial charge in [0.2, 0.25) is 5.91 Å². The Morgan fingerprint density at radius 2 is 1.75 bits per heavy atom. The number of methoxy groups -OCH3 is 1. The molecule has 0 heterocycles. The standard InChI is InChI=1S/C20H25NO3/c1-15(17-12-8-9-13-18(17)24-4)21(3)19(22)14-20(2,23)16-10-6-5-7-11-16/h5-13,15,23H,14H2,1-4H3/t15-,20-/m1/s1. The second-order valence-electron chi connectivity index (χ2n) is 6.24. The fourth-order valence-corrected chi connectivity index (χ4v) is 2.75. The number of rotatable bonds is 6. The molecule has 1 amide bonds. The predicted molar refractivity (Wildman–Crippen MR) is 94.8 cm³/mol. The molecule has 0 radical (unpaired) electrons. The lowest BCUT2D eigenvalue weighted by Gasteiger charge is -2.30. The van der Waals surface area contributed by atoms with Crippen molar-refractivity contribution in [2.45, 2.75) is 31.9 Å². The Morgan fingerprint density at radius 3 is 2.38 bits per heavy atom. The van der Waals surface area contributed by atoms with Gasteiger partial charge >= 0.3 is 0 Å². The first-order valence-electron chi connectivity index (χ1n) is 8.03. The Hall–Kier alpha value is -2.33. The summed E-state index contributed by atoms with van der Waals surface area (Å²) >= 11 is 0. The van der Waals surface area contributed by atoms with Crippen LogP contribution in [0, 0.1) is 0 Å². The fourth-order valence-electron chi connectivity index (χ4n) is 2.75. The molecule has 2 aromatic carbocycles. The molecule has 0 aromatic heterocycles. The Bertz CT molecular complexity index is 682. The maximum absolute atomic E-state index is 12.7. The van der Waals surface area contributed by atoms with E-state index in [0.29, 0.717) is 0 Å². The molecule has 4 nitrogen and oxygen atoms in total. The molecule has 0 spiro atoms. The van der Waals surface area contributed by atoms with E-state index >= 15 is 0 Å². The highest BCUT2D eigenvalue weighted by molar-refractivity contribution is 5.77. The van der Waals surface area contributed by atoms with E-state index in [9.17, 15) is 9.90 Å². The van der Waals surface area contributed by atoms with Gasteiger partial charge in [0.05, 0.1) is 25.2 Å². The molecule has 0 aliphatic rings. The smallest absolute Gasteiger partial charge is 0.226 e. The number of nitrogens with zero attached hydrogens (tertiary/aromatic N) is 1. The first-order valence-corrected chi connectivity index (χ1v) is 8.03. The van der Waals surface area contributed by atoms with Gasteiger partial charge in [0, 0.05) is 12.6 Å². The van der Waals surface area contributed by atoms with E-state index in [1.807, 2.05) is 61.5 Å². The SMILES string of the molecule is COc1ccccc1[C@@H](C)N(C)C(=O)C[C@@](C)(O)c1ccccc1. The second kappa shape index (κ2) is 7.49. The summed E-state index contributed by atoms with van der Waals surface area (Å²) in [5.74, 6) is 0.627. The van der Waals surface area contributed by atoms with Crippen LogP contribution in [0.2, 0.25) is 0 Å². The summed E-state index contributed by atoms with van der Waals surface area (Å²) in [6.07, 6.45) is 0.0208. The lowest BCUT2D eigenvalue weighted by atomic mass is 9.91. The van der Waals surface area contributed by atoms with E-state index in [0.717, 1.165) is 16.9 Å². The number of benzene rings is 2. The highest BCUT2D eigenvalue weighted by Crippen LogP contribution is 2.30. The monoisotopic (exact) mass is 327 g/mol. The quantitative estimate of drug-likeness (QED) is 0.883. The molecule has 4 heteroatoms. The number of ether oxygens (including phenoxy) is 1.